The molecule has 0 amide bonds. The van der Waals surface area contributed by atoms with E-state index < -0.39 is 0 Å². The zero-order chi connectivity index (χ0) is 9.97. The fourth-order valence-corrected chi connectivity index (χ4v) is 1.33. The van der Waals surface area contributed by atoms with Gasteiger partial charge < -0.3 is 9.57 Å². The number of carbonyl (C=O) groups excluding carboxylic acids is 1. The lowest BCUT2D eigenvalue weighted by Crippen LogP contribution is -2.02. The van der Waals surface area contributed by atoms with Crippen LogP contribution in [0.5, 0.6) is 5.75 Å². The number of para-hydroxylation sites is 1. The monoisotopic (exact) mass is 191 g/mol. The van der Waals surface area contributed by atoms with Crippen LogP contribution in [0.3, 0.4) is 0 Å². The Morgan fingerprint density at radius 1 is 1.43 bits per heavy atom. The van der Waals surface area contributed by atoms with E-state index in [2.05, 4.69) is 9.99 Å². The first-order chi connectivity index (χ1) is 6.81. The van der Waals surface area contributed by atoms with Gasteiger partial charge in [-0.2, -0.15) is 0 Å². The van der Waals surface area contributed by atoms with Gasteiger partial charge in [0.05, 0.1) is 13.5 Å². The van der Waals surface area contributed by atoms with Gasteiger partial charge in [0.1, 0.15) is 11.5 Å². The molecule has 0 atom stereocenters. The second-order valence-electron chi connectivity index (χ2n) is 2.88. The number of benzene rings is 1. The minimum absolute atomic E-state index is 0.209. The molecule has 4 heteroatoms. The number of hydrogen-bond acceptors (Lipinski definition) is 4. The second kappa shape index (κ2) is 3.49. The summed E-state index contributed by atoms with van der Waals surface area (Å²) in [5.74, 6) is 0.371. The Hall–Kier alpha value is -1.84. The van der Waals surface area contributed by atoms with Gasteiger partial charge in [-0.05, 0) is 12.1 Å². The molecule has 0 N–H and O–H groups in total. The quantitative estimate of drug-likeness (QED) is 0.663. The van der Waals surface area contributed by atoms with Crippen molar-refractivity contribution in [3.8, 4) is 5.75 Å². The molecule has 4 nitrogen and oxygen atoms in total. The van der Waals surface area contributed by atoms with Crippen LogP contribution in [0.4, 0.5) is 0 Å². The summed E-state index contributed by atoms with van der Waals surface area (Å²) in [6, 6.07) is 7.39. The van der Waals surface area contributed by atoms with Gasteiger partial charge in [-0.3, -0.25) is 0 Å². The lowest BCUT2D eigenvalue weighted by molar-refractivity contribution is -0.140. The van der Waals surface area contributed by atoms with Crippen LogP contribution in [-0.4, -0.2) is 18.8 Å². The van der Waals surface area contributed by atoms with Crippen LogP contribution < -0.4 is 4.74 Å². The van der Waals surface area contributed by atoms with Gasteiger partial charge in [0.15, 0.2) is 0 Å². The first kappa shape index (κ1) is 8.74. The Bertz CT molecular complexity index is 398. The van der Waals surface area contributed by atoms with Gasteiger partial charge in [0, 0.05) is 5.56 Å². The van der Waals surface area contributed by atoms with E-state index in [0.29, 0.717) is 11.5 Å². The first-order valence-corrected chi connectivity index (χ1v) is 4.21. The van der Waals surface area contributed by atoms with Crippen molar-refractivity contribution in [2.45, 2.75) is 6.42 Å². The molecule has 0 radical (unpaired) electrons. The largest absolute Gasteiger partial charge is 0.496 e. The lowest BCUT2D eigenvalue weighted by atomic mass is 10.1. The van der Waals surface area contributed by atoms with E-state index in [-0.39, 0.29) is 12.4 Å². The molecule has 0 unspecified atom stereocenters. The number of rotatable bonds is 2. The number of nitrogens with zero attached hydrogens (tertiary/aromatic N) is 1. The molecule has 1 heterocycles. The van der Waals surface area contributed by atoms with Crippen molar-refractivity contribution in [3.63, 3.8) is 0 Å². The van der Waals surface area contributed by atoms with E-state index in [9.17, 15) is 4.79 Å². The van der Waals surface area contributed by atoms with E-state index >= 15 is 0 Å². The molecule has 1 aromatic rings. The van der Waals surface area contributed by atoms with Crippen molar-refractivity contribution in [1.29, 1.82) is 0 Å². The van der Waals surface area contributed by atoms with E-state index in [1.165, 1.54) is 0 Å². The standard InChI is InChI=1S/C10H9NO3/c1-13-9-5-3-2-4-7(9)8-6-10(12)14-11-8/h2-5H,6H2,1H3. The van der Waals surface area contributed by atoms with Crippen LogP contribution in [0.25, 0.3) is 0 Å². The number of oxime groups is 1. The smallest absolute Gasteiger partial charge is 0.341 e. The zero-order valence-electron chi connectivity index (χ0n) is 7.69. The minimum Gasteiger partial charge on any atom is -0.496 e. The molecule has 0 spiro atoms. The molecular formula is C10H9NO3. The molecule has 14 heavy (non-hydrogen) atoms. The summed E-state index contributed by atoms with van der Waals surface area (Å²) >= 11 is 0. The first-order valence-electron chi connectivity index (χ1n) is 4.21. The highest BCUT2D eigenvalue weighted by atomic mass is 16.7. The van der Waals surface area contributed by atoms with Gasteiger partial charge in [0.2, 0.25) is 0 Å². The molecule has 0 saturated carbocycles. The molecule has 0 saturated heterocycles. The van der Waals surface area contributed by atoms with Crippen molar-refractivity contribution in [2.75, 3.05) is 7.11 Å². The van der Waals surface area contributed by atoms with Gasteiger partial charge in [-0.1, -0.05) is 17.3 Å². The Labute approximate surface area is 81.1 Å². The normalized spacial score (nSPS) is 14.9. The SMILES string of the molecule is COc1ccccc1C1=NOC(=O)C1. The molecule has 1 aromatic carbocycles. The van der Waals surface area contributed by atoms with Crippen molar-refractivity contribution in [3.05, 3.63) is 29.8 Å². The third-order valence-corrected chi connectivity index (χ3v) is 1.99. The lowest BCUT2D eigenvalue weighted by Gasteiger charge is -2.05. The Balaban J connectivity index is 2.36. The highest BCUT2D eigenvalue weighted by Crippen LogP contribution is 2.22. The van der Waals surface area contributed by atoms with E-state index in [0.717, 1.165) is 5.56 Å². The third-order valence-electron chi connectivity index (χ3n) is 1.99. The molecule has 2 rings (SSSR count). The average Bonchev–Trinajstić information content (AvgIpc) is 2.65. The van der Waals surface area contributed by atoms with E-state index in [1.807, 2.05) is 24.3 Å². The van der Waals surface area contributed by atoms with E-state index in [4.69, 9.17) is 4.74 Å². The maximum atomic E-state index is 10.8. The Kier molecular flexibility index (Phi) is 2.18. The maximum absolute atomic E-state index is 10.8. The topological polar surface area (TPSA) is 47.9 Å². The molecule has 1 aliphatic rings. The van der Waals surface area contributed by atoms with Crippen LogP contribution >= 0.6 is 0 Å². The zero-order valence-corrected chi connectivity index (χ0v) is 7.69. The minimum atomic E-state index is -0.328. The summed E-state index contributed by atoms with van der Waals surface area (Å²) in [6.45, 7) is 0. The average molecular weight is 191 g/mol. The molecule has 0 aromatic heterocycles. The predicted molar refractivity (Wildman–Crippen MR) is 50.2 cm³/mol. The molecule has 0 aliphatic carbocycles. The number of hydrogen-bond donors (Lipinski definition) is 0. The van der Waals surface area contributed by atoms with Crippen molar-refractivity contribution in [1.82, 2.24) is 0 Å². The third kappa shape index (κ3) is 1.46. The summed E-state index contributed by atoms with van der Waals surface area (Å²) in [6.07, 6.45) is 0.209. The highest BCUT2D eigenvalue weighted by Gasteiger charge is 2.21. The Morgan fingerprint density at radius 2 is 2.21 bits per heavy atom. The van der Waals surface area contributed by atoms with Crippen molar-refractivity contribution >= 4 is 11.7 Å². The summed E-state index contributed by atoms with van der Waals surface area (Å²) < 4.78 is 5.15. The maximum Gasteiger partial charge on any atom is 0.341 e. The summed E-state index contributed by atoms with van der Waals surface area (Å²) in [5, 5.41) is 3.68. The van der Waals surface area contributed by atoms with Gasteiger partial charge in [-0.15, -0.1) is 0 Å². The number of ether oxygens (including phenoxy) is 1. The van der Waals surface area contributed by atoms with Gasteiger partial charge in [0.25, 0.3) is 0 Å². The predicted octanol–water partition coefficient (Wildman–Crippen LogP) is 1.35. The summed E-state index contributed by atoms with van der Waals surface area (Å²) in [5.41, 5.74) is 1.42. The number of methoxy groups -OCH3 is 1. The van der Waals surface area contributed by atoms with Crippen molar-refractivity contribution in [2.24, 2.45) is 5.16 Å². The fraction of sp³-hybridized carbons (Fsp3) is 0.200. The van der Waals surface area contributed by atoms with Gasteiger partial charge in [-0.25, -0.2) is 4.79 Å². The summed E-state index contributed by atoms with van der Waals surface area (Å²) in [7, 11) is 1.58. The Morgan fingerprint density at radius 3 is 2.86 bits per heavy atom. The fourth-order valence-electron chi connectivity index (χ4n) is 1.33. The molecule has 0 fully saturated rings. The second-order valence-corrected chi connectivity index (χ2v) is 2.88. The van der Waals surface area contributed by atoms with Crippen LogP contribution in [0, 0.1) is 0 Å². The van der Waals surface area contributed by atoms with Crippen LogP contribution in [-0.2, 0) is 9.63 Å². The van der Waals surface area contributed by atoms with E-state index in [1.54, 1.807) is 7.11 Å². The van der Waals surface area contributed by atoms with Crippen LogP contribution in [0.2, 0.25) is 0 Å². The van der Waals surface area contributed by atoms with Crippen LogP contribution in [0.15, 0.2) is 29.4 Å². The molecule has 1 aliphatic heterocycles. The molecule has 0 bridgehead atoms. The summed E-state index contributed by atoms with van der Waals surface area (Å²) in [4.78, 5) is 15.4. The highest BCUT2D eigenvalue weighted by molar-refractivity contribution is 6.12. The van der Waals surface area contributed by atoms with Crippen molar-refractivity contribution < 1.29 is 14.4 Å². The number of carbonyl (C=O) groups is 1. The van der Waals surface area contributed by atoms with Gasteiger partial charge >= 0.3 is 5.97 Å². The van der Waals surface area contributed by atoms with Crippen LogP contribution in [0.1, 0.15) is 12.0 Å². The molecule has 72 valence electrons. The molecular weight excluding hydrogens is 182 g/mol.